The monoisotopic (exact) mass is 273 g/mol. The maximum absolute atomic E-state index is 13.3. The van der Waals surface area contributed by atoms with E-state index in [1.165, 1.54) is 37.3 Å². The van der Waals surface area contributed by atoms with Gasteiger partial charge < -0.3 is 4.74 Å². The Balaban J connectivity index is 2.01. The second kappa shape index (κ2) is 5.97. The minimum absolute atomic E-state index is 0.0397. The number of benzene rings is 2. The lowest BCUT2D eigenvalue weighted by molar-refractivity contribution is 0.101. The molecule has 0 saturated heterocycles. The molecule has 0 atom stereocenters. The van der Waals surface area contributed by atoms with Crippen molar-refractivity contribution in [1.29, 1.82) is 0 Å². The third-order valence-corrected chi connectivity index (χ3v) is 2.58. The molecule has 0 aliphatic carbocycles. The van der Waals surface area contributed by atoms with Crippen molar-refractivity contribution < 1.29 is 18.7 Å². The van der Waals surface area contributed by atoms with Gasteiger partial charge >= 0.3 is 6.09 Å². The molecule has 102 valence electrons. The van der Waals surface area contributed by atoms with E-state index in [1.807, 2.05) is 0 Å². The van der Waals surface area contributed by atoms with E-state index in [-0.39, 0.29) is 17.2 Å². The number of nitrogens with one attached hydrogen (secondary N) is 1. The van der Waals surface area contributed by atoms with Crippen molar-refractivity contribution in [3.63, 3.8) is 0 Å². The van der Waals surface area contributed by atoms with Gasteiger partial charge in [-0.3, -0.25) is 10.1 Å². The maximum atomic E-state index is 13.3. The van der Waals surface area contributed by atoms with Crippen LogP contribution in [-0.4, -0.2) is 11.9 Å². The fourth-order valence-corrected chi connectivity index (χ4v) is 1.56. The predicted octanol–water partition coefficient (Wildman–Crippen LogP) is 3.64. The van der Waals surface area contributed by atoms with Gasteiger partial charge in [-0.2, -0.15) is 0 Å². The molecule has 0 aliphatic heterocycles. The van der Waals surface area contributed by atoms with Crippen LogP contribution >= 0.6 is 0 Å². The van der Waals surface area contributed by atoms with Crippen LogP contribution in [0.15, 0.2) is 48.5 Å². The molecule has 0 saturated carbocycles. The number of carbonyl (C=O) groups is 2. The summed E-state index contributed by atoms with van der Waals surface area (Å²) in [6.07, 6.45) is -0.800. The Bertz CT molecular complexity index is 638. The smallest absolute Gasteiger partial charge is 0.410 e. The number of hydrogen-bond donors (Lipinski definition) is 1. The lowest BCUT2D eigenvalue weighted by Crippen LogP contribution is -2.17. The normalized spacial score (nSPS) is 9.90. The number of ether oxygens (including phenoxy) is 1. The van der Waals surface area contributed by atoms with Gasteiger partial charge in [-0.15, -0.1) is 0 Å². The molecule has 1 N–H and O–H groups in total. The molecule has 0 bridgehead atoms. The van der Waals surface area contributed by atoms with Gasteiger partial charge in [0.15, 0.2) is 5.78 Å². The first-order valence-electron chi connectivity index (χ1n) is 5.90. The number of para-hydroxylation sites is 1. The van der Waals surface area contributed by atoms with Crippen LogP contribution in [0.2, 0.25) is 0 Å². The molecule has 1 amide bonds. The molecule has 0 radical (unpaired) electrons. The Morgan fingerprint density at radius 1 is 1.05 bits per heavy atom. The lowest BCUT2D eigenvalue weighted by Gasteiger charge is -2.07. The second-order valence-corrected chi connectivity index (χ2v) is 4.07. The van der Waals surface area contributed by atoms with Gasteiger partial charge in [0.05, 0.1) is 5.69 Å². The zero-order valence-corrected chi connectivity index (χ0v) is 10.7. The number of halogens is 1. The molecule has 0 unspecified atom stereocenters. The molecule has 0 heterocycles. The summed E-state index contributed by atoms with van der Waals surface area (Å²) in [5, 5.41) is 2.29. The van der Waals surface area contributed by atoms with Crippen molar-refractivity contribution in [3.05, 3.63) is 59.9 Å². The highest BCUT2D eigenvalue weighted by atomic mass is 19.1. The van der Waals surface area contributed by atoms with Gasteiger partial charge in [-0.05, 0) is 43.3 Å². The van der Waals surface area contributed by atoms with Gasteiger partial charge in [-0.25, -0.2) is 9.18 Å². The maximum Gasteiger partial charge on any atom is 0.417 e. The second-order valence-electron chi connectivity index (χ2n) is 4.07. The molecule has 2 aromatic carbocycles. The van der Waals surface area contributed by atoms with Crippen LogP contribution in [0.1, 0.15) is 17.3 Å². The van der Waals surface area contributed by atoms with Crippen molar-refractivity contribution >= 4 is 17.6 Å². The van der Waals surface area contributed by atoms with E-state index in [0.29, 0.717) is 5.56 Å². The molecule has 2 aromatic rings. The third kappa shape index (κ3) is 3.41. The summed E-state index contributed by atoms with van der Waals surface area (Å²) < 4.78 is 18.3. The highest BCUT2D eigenvalue weighted by molar-refractivity contribution is 5.94. The summed E-state index contributed by atoms with van der Waals surface area (Å²) >= 11 is 0. The lowest BCUT2D eigenvalue weighted by atomic mass is 10.1. The summed E-state index contributed by atoms with van der Waals surface area (Å²) in [5.41, 5.74) is 0.560. The first kappa shape index (κ1) is 13.7. The summed E-state index contributed by atoms with van der Waals surface area (Å²) in [6.45, 7) is 1.45. The first-order valence-corrected chi connectivity index (χ1v) is 5.90. The Labute approximate surface area is 115 Å². The van der Waals surface area contributed by atoms with E-state index >= 15 is 0 Å². The van der Waals surface area contributed by atoms with Crippen LogP contribution in [0.3, 0.4) is 0 Å². The Morgan fingerprint density at radius 3 is 2.30 bits per heavy atom. The van der Waals surface area contributed by atoms with Crippen molar-refractivity contribution in [3.8, 4) is 5.75 Å². The number of amides is 1. The largest absolute Gasteiger partial charge is 0.417 e. The molecule has 0 aliphatic rings. The van der Waals surface area contributed by atoms with Gasteiger partial charge in [0.1, 0.15) is 11.6 Å². The fraction of sp³-hybridized carbons (Fsp3) is 0.0667. The molecule has 2 rings (SSSR count). The van der Waals surface area contributed by atoms with Gasteiger partial charge in [-0.1, -0.05) is 12.1 Å². The van der Waals surface area contributed by atoms with Crippen LogP contribution in [0.5, 0.6) is 5.75 Å². The van der Waals surface area contributed by atoms with E-state index < -0.39 is 11.9 Å². The summed E-state index contributed by atoms with van der Waals surface area (Å²) in [4.78, 5) is 22.7. The first-order chi connectivity index (χ1) is 9.56. The molecular weight excluding hydrogens is 261 g/mol. The molecule has 0 aromatic heterocycles. The quantitative estimate of drug-likeness (QED) is 0.868. The summed E-state index contributed by atoms with van der Waals surface area (Å²) in [6, 6.07) is 11.9. The van der Waals surface area contributed by atoms with E-state index in [1.54, 1.807) is 18.2 Å². The van der Waals surface area contributed by atoms with E-state index in [0.717, 1.165) is 0 Å². The van der Waals surface area contributed by atoms with Crippen molar-refractivity contribution in [2.75, 3.05) is 5.32 Å². The molecule has 0 spiro atoms. The van der Waals surface area contributed by atoms with Crippen LogP contribution in [0.25, 0.3) is 0 Å². The van der Waals surface area contributed by atoms with Gasteiger partial charge in [0.2, 0.25) is 0 Å². The molecule has 20 heavy (non-hydrogen) atoms. The van der Waals surface area contributed by atoms with Crippen molar-refractivity contribution in [2.24, 2.45) is 0 Å². The fourth-order valence-electron chi connectivity index (χ4n) is 1.56. The van der Waals surface area contributed by atoms with Crippen LogP contribution < -0.4 is 10.1 Å². The van der Waals surface area contributed by atoms with Crippen LogP contribution in [0.4, 0.5) is 14.9 Å². The van der Waals surface area contributed by atoms with E-state index in [2.05, 4.69) is 5.32 Å². The summed E-state index contributed by atoms with van der Waals surface area (Å²) in [7, 11) is 0. The Hall–Kier alpha value is -2.69. The minimum Gasteiger partial charge on any atom is -0.410 e. The predicted molar refractivity (Wildman–Crippen MR) is 72.5 cm³/mol. The highest BCUT2D eigenvalue weighted by Gasteiger charge is 2.08. The zero-order valence-electron chi connectivity index (χ0n) is 10.7. The SMILES string of the molecule is CC(=O)c1ccc(OC(=O)Nc2ccccc2F)cc1. The third-order valence-electron chi connectivity index (χ3n) is 2.58. The average molecular weight is 273 g/mol. The van der Waals surface area contributed by atoms with E-state index in [4.69, 9.17) is 4.74 Å². The Morgan fingerprint density at radius 2 is 1.70 bits per heavy atom. The molecular formula is C15H12FNO3. The summed E-state index contributed by atoms with van der Waals surface area (Å²) in [5.74, 6) is -0.354. The number of hydrogen-bond acceptors (Lipinski definition) is 3. The minimum atomic E-state index is -0.800. The van der Waals surface area contributed by atoms with Gasteiger partial charge in [0, 0.05) is 5.56 Å². The molecule has 0 fully saturated rings. The van der Waals surface area contributed by atoms with Crippen molar-refractivity contribution in [2.45, 2.75) is 6.92 Å². The number of carbonyl (C=O) groups excluding carboxylic acids is 2. The average Bonchev–Trinajstić information content (AvgIpc) is 2.42. The number of anilines is 1. The van der Waals surface area contributed by atoms with Crippen LogP contribution in [-0.2, 0) is 0 Å². The number of ketones is 1. The van der Waals surface area contributed by atoms with Crippen LogP contribution in [0, 0.1) is 5.82 Å². The van der Waals surface area contributed by atoms with Gasteiger partial charge in [0.25, 0.3) is 0 Å². The molecule has 4 nitrogen and oxygen atoms in total. The Kier molecular flexibility index (Phi) is 4.10. The molecule has 5 heteroatoms. The zero-order chi connectivity index (χ0) is 14.5. The van der Waals surface area contributed by atoms with Crippen molar-refractivity contribution in [1.82, 2.24) is 0 Å². The number of Topliss-reactive ketones (excluding diaryl/α,β-unsaturated/α-hetero) is 1. The van der Waals surface area contributed by atoms with E-state index in [9.17, 15) is 14.0 Å². The standard InChI is InChI=1S/C15H12FNO3/c1-10(18)11-6-8-12(9-7-11)20-15(19)17-14-5-3-2-4-13(14)16/h2-9H,1H3,(H,17,19). The highest BCUT2D eigenvalue weighted by Crippen LogP contribution is 2.16. The number of rotatable bonds is 3. The topological polar surface area (TPSA) is 55.4 Å².